The smallest absolute Gasteiger partial charge is 0.138 e. The first-order valence-corrected chi connectivity index (χ1v) is 6.38. The van der Waals surface area contributed by atoms with Gasteiger partial charge in [-0.1, -0.05) is 13.8 Å². The van der Waals surface area contributed by atoms with Crippen LogP contribution in [0, 0.1) is 0 Å². The molecule has 1 N–H and O–H groups in total. The van der Waals surface area contributed by atoms with Gasteiger partial charge in [-0.3, -0.25) is 4.68 Å². The SMILES string of the molecule is CCNC(Cc1ncnn1C)c1ccoc1CC. The lowest BCUT2D eigenvalue weighted by Crippen LogP contribution is -2.24. The predicted octanol–water partition coefficient (Wildman–Crippen LogP) is 1.86. The Bertz CT molecular complexity index is 489. The van der Waals surface area contributed by atoms with Crippen LogP contribution in [0.25, 0.3) is 0 Å². The summed E-state index contributed by atoms with van der Waals surface area (Å²) >= 11 is 0. The number of aryl methyl sites for hydroxylation is 2. The average molecular weight is 248 g/mol. The van der Waals surface area contributed by atoms with E-state index in [1.165, 1.54) is 5.56 Å². The molecular formula is C13H20N4O. The van der Waals surface area contributed by atoms with E-state index in [1.807, 2.05) is 17.8 Å². The second-order valence-electron chi connectivity index (χ2n) is 4.27. The lowest BCUT2D eigenvalue weighted by molar-refractivity contribution is 0.479. The number of rotatable bonds is 6. The third-order valence-electron chi connectivity index (χ3n) is 3.12. The van der Waals surface area contributed by atoms with Crippen molar-refractivity contribution in [2.24, 2.45) is 7.05 Å². The number of nitrogens with zero attached hydrogens (tertiary/aromatic N) is 3. The average Bonchev–Trinajstić information content (AvgIpc) is 2.98. The van der Waals surface area contributed by atoms with Crippen LogP contribution in [0.1, 0.15) is 37.0 Å². The number of hydrogen-bond acceptors (Lipinski definition) is 4. The molecule has 5 nitrogen and oxygen atoms in total. The van der Waals surface area contributed by atoms with Gasteiger partial charge in [-0.15, -0.1) is 0 Å². The van der Waals surface area contributed by atoms with Crippen molar-refractivity contribution in [3.8, 4) is 0 Å². The molecule has 0 spiro atoms. The number of likely N-dealkylation sites (N-methyl/N-ethyl adjacent to an activating group) is 1. The van der Waals surface area contributed by atoms with Gasteiger partial charge in [0.15, 0.2) is 0 Å². The fraction of sp³-hybridized carbons (Fsp3) is 0.538. The maximum atomic E-state index is 5.51. The molecule has 18 heavy (non-hydrogen) atoms. The lowest BCUT2D eigenvalue weighted by atomic mass is 10.0. The first-order chi connectivity index (χ1) is 8.76. The van der Waals surface area contributed by atoms with Crippen molar-refractivity contribution in [1.29, 1.82) is 0 Å². The van der Waals surface area contributed by atoms with Gasteiger partial charge in [-0.25, -0.2) is 4.98 Å². The topological polar surface area (TPSA) is 55.9 Å². The second-order valence-corrected chi connectivity index (χ2v) is 4.27. The van der Waals surface area contributed by atoms with Gasteiger partial charge in [-0.05, 0) is 12.6 Å². The van der Waals surface area contributed by atoms with Crippen molar-refractivity contribution in [2.75, 3.05) is 6.54 Å². The monoisotopic (exact) mass is 248 g/mol. The third kappa shape index (κ3) is 2.61. The lowest BCUT2D eigenvalue weighted by Gasteiger charge is -2.17. The molecule has 0 aliphatic carbocycles. The number of nitrogens with one attached hydrogen (secondary N) is 1. The van der Waals surface area contributed by atoms with Crippen molar-refractivity contribution < 1.29 is 4.42 Å². The summed E-state index contributed by atoms with van der Waals surface area (Å²) in [4.78, 5) is 4.28. The highest BCUT2D eigenvalue weighted by Crippen LogP contribution is 2.22. The Hall–Kier alpha value is -1.62. The van der Waals surface area contributed by atoms with Gasteiger partial charge in [-0.2, -0.15) is 5.10 Å². The molecule has 0 amide bonds. The van der Waals surface area contributed by atoms with Crippen molar-refractivity contribution in [3.63, 3.8) is 0 Å². The van der Waals surface area contributed by atoms with E-state index in [2.05, 4.69) is 29.2 Å². The van der Waals surface area contributed by atoms with Crippen LogP contribution in [-0.2, 0) is 19.9 Å². The van der Waals surface area contributed by atoms with Crippen molar-refractivity contribution in [2.45, 2.75) is 32.7 Å². The number of furan rings is 1. The molecule has 0 bridgehead atoms. The fourth-order valence-electron chi connectivity index (χ4n) is 2.17. The quantitative estimate of drug-likeness (QED) is 0.848. The fourth-order valence-corrected chi connectivity index (χ4v) is 2.17. The summed E-state index contributed by atoms with van der Waals surface area (Å²) in [5, 5.41) is 7.59. The van der Waals surface area contributed by atoms with Crippen LogP contribution < -0.4 is 5.32 Å². The molecular weight excluding hydrogens is 228 g/mol. The summed E-state index contributed by atoms with van der Waals surface area (Å²) in [5.74, 6) is 2.02. The van der Waals surface area contributed by atoms with Crippen molar-refractivity contribution >= 4 is 0 Å². The van der Waals surface area contributed by atoms with Gasteiger partial charge < -0.3 is 9.73 Å². The Kier molecular flexibility index (Phi) is 4.15. The molecule has 0 aliphatic heterocycles. The first kappa shape index (κ1) is 12.8. The molecule has 0 saturated carbocycles. The molecule has 5 heteroatoms. The summed E-state index contributed by atoms with van der Waals surface area (Å²) < 4.78 is 7.32. The summed E-state index contributed by atoms with van der Waals surface area (Å²) in [6, 6.07) is 2.27. The minimum Gasteiger partial charge on any atom is -0.469 e. The predicted molar refractivity (Wildman–Crippen MR) is 69.2 cm³/mol. The molecule has 98 valence electrons. The highest BCUT2D eigenvalue weighted by Gasteiger charge is 2.18. The third-order valence-corrected chi connectivity index (χ3v) is 3.12. The summed E-state index contributed by atoms with van der Waals surface area (Å²) in [5.41, 5.74) is 1.22. The molecule has 2 heterocycles. The van der Waals surface area contributed by atoms with E-state index in [-0.39, 0.29) is 6.04 Å². The number of aromatic nitrogens is 3. The van der Waals surface area contributed by atoms with Gasteiger partial charge >= 0.3 is 0 Å². The van der Waals surface area contributed by atoms with E-state index >= 15 is 0 Å². The van der Waals surface area contributed by atoms with Crippen LogP contribution in [0.15, 0.2) is 23.1 Å². The first-order valence-electron chi connectivity index (χ1n) is 6.38. The van der Waals surface area contributed by atoms with Gasteiger partial charge in [0, 0.05) is 31.5 Å². The molecule has 1 atom stereocenters. The second kappa shape index (κ2) is 5.82. The van der Waals surface area contributed by atoms with E-state index in [0.29, 0.717) is 0 Å². The molecule has 0 aromatic carbocycles. The highest BCUT2D eigenvalue weighted by atomic mass is 16.3. The van der Waals surface area contributed by atoms with Crippen LogP contribution in [0.4, 0.5) is 0 Å². The molecule has 2 aromatic rings. The summed E-state index contributed by atoms with van der Waals surface area (Å²) in [7, 11) is 1.92. The zero-order chi connectivity index (χ0) is 13.0. The number of hydrogen-bond donors (Lipinski definition) is 1. The minimum absolute atomic E-state index is 0.228. The summed E-state index contributed by atoms with van der Waals surface area (Å²) in [6.07, 6.45) is 5.07. The molecule has 1 unspecified atom stereocenters. The van der Waals surface area contributed by atoms with Crippen LogP contribution in [-0.4, -0.2) is 21.3 Å². The summed E-state index contributed by atoms with van der Waals surface area (Å²) in [6.45, 7) is 5.12. The Balaban J connectivity index is 2.21. The van der Waals surface area contributed by atoms with Crippen molar-refractivity contribution in [3.05, 3.63) is 35.8 Å². The molecule has 0 radical (unpaired) electrons. The van der Waals surface area contributed by atoms with E-state index in [1.54, 1.807) is 12.6 Å². The van der Waals surface area contributed by atoms with E-state index < -0.39 is 0 Å². The Morgan fingerprint density at radius 1 is 1.44 bits per heavy atom. The van der Waals surface area contributed by atoms with E-state index in [9.17, 15) is 0 Å². The van der Waals surface area contributed by atoms with Gasteiger partial charge in [0.25, 0.3) is 0 Å². The van der Waals surface area contributed by atoms with E-state index in [0.717, 1.165) is 31.0 Å². The van der Waals surface area contributed by atoms with Crippen LogP contribution >= 0.6 is 0 Å². The van der Waals surface area contributed by atoms with Crippen molar-refractivity contribution in [1.82, 2.24) is 20.1 Å². The normalized spacial score (nSPS) is 12.8. The van der Waals surface area contributed by atoms with Crippen LogP contribution in [0.5, 0.6) is 0 Å². The van der Waals surface area contributed by atoms with Crippen LogP contribution in [0.2, 0.25) is 0 Å². The maximum absolute atomic E-state index is 5.51. The van der Waals surface area contributed by atoms with Gasteiger partial charge in [0.1, 0.15) is 17.9 Å². The van der Waals surface area contributed by atoms with Crippen LogP contribution in [0.3, 0.4) is 0 Å². The maximum Gasteiger partial charge on any atom is 0.138 e. The minimum atomic E-state index is 0.228. The van der Waals surface area contributed by atoms with Gasteiger partial charge in [0.05, 0.1) is 6.26 Å². The molecule has 2 aromatic heterocycles. The van der Waals surface area contributed by atoms with Gasteiger partial charge in [0.2, 0.25) is 0 Å². The zero-order valence-electron chi connectivity index (χ0n) is 11.2. The molecule has 2 rings (SSSR count). The molecule has 0 saturated heterocycles. The Labute approximate surface area is 107 Å². The standard InChI is InChI=1S/C13H20N4O/c1-4-12-10(6-7-18-12)11(14-5-2)8-13-15-9-16-17(13)3/h6-7,9,11,14H,4-5,8H2,1-3H3. The largest absolute Gasteiger partial charge is 0.469 e. The zero-order valence-corrected chi connectivity index (χ0v) is 11.2. The molecule has 0 fully saturated rings. The Morgan fingerprint density at radius 3 is 2.89 bits per heavy atom. The Morgan fingerprint density at radius 2 is 2.28 bits per heavy atom. The highest BCUT2D eigenvalue weighted by molar-refractivity contribution is 5.22. The van der Waals surface area contributed by atoms with E-state index in [4.69, 9.17) is 4.42 Å². The molecule has 0 aliphatic rings.